The summed E-state index contributed by atoms with van der Waals surface area (Å²) in [5.41, 5.74) is 0. The maximum atomic E-state index is 12.1. The lowest BCUT2D eigenvalue weighted by Crippen LogP contribution is -2.47. The predicted molar refractivity (Wildman–Crippen MR) is 35.2 cm³/mol. The number of hydrogen-bond acceptors (Lipinski definition) is 1. The fourth-order valence-corrected chi connectivity index (χ4v) is 0.691. The Bertz CT molecular complexity index is 127. The van der Waals surface area contributed by atoms with Gasteiger partial charge in [-0.25, -0.2) is 9.38 Å². The van der Waals surface area contributed by atoms with Crippen molar-refractivity contribution in [3.8, 4) is 0 Å². The second kappa shape index (κ2) is 2.62. The molecule has 0 unspecified atom stereocenters. The number of nitrogens with zero attached hydrogens (tertiary/aromatic N) is 2. The molecule has 1 rings (SSSR count). The predicted octanol–water partition coefficient (Wildman–Crippen LogP) is 0.812. The molecule has 1 aliphatic heterocycles. The topological polar surface area (TPSA) is 15.6 Å². The first-order chi connectivity index (χ1) is 4.33. The zero-order valence-corrected chi connectivity index (χ0v) is 5.13. The third-order valence-corrected chi connectivity index (χ3v) is 1.20. The van der Waals surface area contributed by atoms with Crippen molar-refractivity contribution in [2.24, 2.45) is 4.99 Å². The molecule has 0 aromatic rings. The van der Waals surface area contributed by atoms with E-state index >= 15 is 0 Å². The van der Waals surface area contributed by atoms with Crippen molar-refractivity contribution >= 4 is 6.34 Å². The van der Waals surface area contributed by atoms with Gasteiger partial charge in [-0.3, -0.25) is 0 Å². The van der Waals surface area contributed by atoms with Gasteiger partial charge in [0.2, 0.25) is 0 Å². The van der Waals surface area contributed by atoms with E-state index in [1.165, 1.54) is 6.20 Å². The van der Waals surface area contributed by atoms with Crippen LogP contribution in [0.15, 0.2) is 17.8 Å². The molecule has 0 saturated carbocycles. The maximum absolute atomic E-state index is 12.1. The third-order valence-electron chi connectivity index (χ3n) is 1.20. The summed E-state index contributed by atoms with van der Waals surface area (Å²) in [5, 5.41) is 0. The Hall–Kier alpha value is -0.860. The van der Waals surface area contributed by atoms with E-state index in [1.807, 2.05) is 0 Å². The van der Waals surface area contributed by atoms with Gasteiger partial charge < -0.3 is 4.90 Å². The molecule has 0 atom stereocenters. The molecule has 1 saturated heterocycles. The summed E-state index contributed by atoms with van der Waals surface area (Å²) in [6, 6.07) is 0. The first-order valence-corrected chi connectivity index (χ1v) is 2.85. The van der Waals surface area contributed by atoms with Gasteiger partial charge in [0.25, 0.3) is 0 Å². The van der Waals surface area contributed by atoms with Crippen molar-refractivity contribution in [3.63, 3.8) is 0 Å². The SMILES string of the molecule is C=CN=CN1CC(F)C1. The van der Waals surface area contributed by atoms with Gasteiger partial charge in [0.15, 0.2) is 0 Å². The summed E-state index contributed by atoms with van der Waals surface area (Å²) in [6.45, 7) is 4.36. The van der Waals surface area contributed by atoms with Crippen LogP contribution in [0.3, 0.4) is 0 Å². The van der Waals surface area contributed by atoms with Crippen LogP contribution in [-0.2, 0) is 0 Å². The van der Waals surface area contributed by atoms with Crippen molar-refractivity contribution in [1.29, 1.82) is 0 Å². The Morgan fingerprint density at radius 3 is 2.78 bits per heavy atom. The molecule has 0 radical (unpaired) electrons. The lowest BCUT2D eigenvalue weighted by Gasteiger charge is -2.31. The molecule has 0 aliphatic carbocycles. The Kier molecular flexibility index (Phi) is 1.82. The van der Waals surface area contributed by atoms with E-state index in [0.717, 1.165) is 0 Å². The molecular weight excluding hydrogens is 119 g/mol. The molecule has 2 nitrogen and oxygen atoms in total. The van der Waals surface area contributed by atoms with Gasteiger partial charge >= 0.3 is 0 Å². The quantitative estimate of drug-likeness (QED) is 0.397. The first-order valence-electron chi connectivity index (χ1n) is 2.85. The molecule has 9 heavy (non-hydrogen) atoms. The summed E-state index contributed by atoms with van der Waals surface area (Å²) in [6.07, 6.45) is 2.38. The minimum absolute atomic E-state index is 0.483. The molecule has 1 aliphatic rings. The van der Waals surface area contributed by atoms with Gasteiger partial charge in [0.05, 0.1) is 19.4 Å². The number of aliphatic imine (C=N–C) groups is 1. The van der Waals surface area contributed by atoms with Gasteiger partial charge in [0, 0.05) is 6.20 Å². The average molecular weight is 128 g/mol. The second-order valence-corrected chi connectivity index (χ2v) is 2.00. The fourth-order valence-electron chi connectivity index (χ4n) is 0.691. The van der Waals surface area contributed by atoms with Gasteiger partial charge in [-0.2, -0.15) is 0 Å². The van der Waals surface area contributed by atoms with Crippen LogP contribution in [0.2, 0.25) is 0 Å². The summed E-state index contributed by atoms with van der Waals surface area (Å²) < 4.78 is 12.1. The van der Waals surface area contributed by atoms with E-state index in [0.29, 0.717) is 13.1 Å². The fraction of sp³-hybridized carbons (Fsp3) is 0.500. The largest absolute Gasteiger partial charge is 0.357 e. The smallest absolute Gasteiger partial charge is 0.135 e. The highest BCUT2D eigenvalue weighted by atomic mass is 19.1. The lowest BCUT2D eigenvalue weighted by molar-refractivity contribution is 0.136. The number of halogens is 1. The van der Waals surface area contributed by atoms with E-state index < -0.39 is 6.17 Å². The van der Waals surface area contributed by atoms with Crippen LogP contribution in [0.5, 0.6) is 0 Å². The molecule has 3 heteroatoms. The molecular formula is C6H9FN2. The van der Waals surface area contributed by atoms with Crippen LogP contribution in [0.25, 0.3) is 0 Å². The minimum Gasteiger partial charge on any atom is -0.357 e. The van der Waals surface area contributed by atoms with Gasteiger partial charge in [-0.15, -0.1) is 0 Å². The average Bonchev–Trinajstić information content (AvgIpc) is 1.78. The summed E-state index contributed by atoms with van der Waals surface area (Å²) in [7, 11) is 0. The van der Waals surface area contributed by atoms with Crippen molar-refractivity contribution in [3.05, 3.63) is 12.8 Å². The zero-order chi connectivity index (χ0) is 6.69. The molecule has 0 N–H and O–H groups in total. The Balaban J connectivity index is 2.17. The number of likely N-dealkylation sites (tertiary alicyclic amines) is 1. The molecule has 1 fully saturated rings. The maximum Gasteiger partial charge on any atom is 0.135 e. The van der Waals surface area contributed by atoms with Crippen LogP contribution >= 0.6 is 0 Å². The van der Waals surface area contributed by atoms with E-state index in [9.17, 15) is 4.39 Å². The van der Waals surface area contributed by atoms with Crippen molar-refractivity contribution < 1.29 is 4.39 Å². The van der Waals surface area contributed by atoms with Gasteiger partial charge in [0.1, 0.15) is 6.17 Å². The second-order valence-electron chi connectivity index (χ2n) is 2.00. The van der Waals surface area contributed by atoms with Crippen LogP contribution in [0.4, 0.5) is 4.39 Å². The third kappa shape index (κ3) is 1.52. The minimum atomic E-state index is -0.652. The number of hydrogen-bond donors (Lipinski definition) is 0. The number of rotatable bonds is 2. The molecule has 50 valence electrons. The normalized spacial score (nSPS) is 20.3. The molecule has 0 aromatic carbocycles. The summed E-state index contributed by atoms with van der Waals surface area (Å²) in [4.78, 5) is 5.52. The van der Waals surface area contributed by atoms with Gasteiger partial charge in [-0.05, 0) is 0 Å². The van der Waals surface area contributed by atoms with Crippen molar-refractivity contribution in [1.82, 2.24) is 4.90 Å². The van der Waals surface area contributed by atoms with Crippen LogP contribution in [0, 0.1) is 0 Å². The highest BCUT2D eigenvalue weighted by molar-refractivity contribution is 5.57. The van der Waals surface area contributed by atoms with E-state index in [4.69, 9.17) is 0 Å². The Morgan fingerprint density at radius 2 is 2.33 bits per heavy atom. The molecule has 0 aromatic heterocycles. The van der Waals surface area contributed by atoms with Gasteiger partial charge in [-0.1, -0.05) is 6.58 Å². The number of alkyl halides is 1. The van der Waals surface area contributed by atoms with Crippen LogP contribution in [0.1, 0.15) is 0 Å². The molecule has 0 spiro atoms. The summed E-state index contributed by atoms with van der Waals surface area (Å²) >= 11 is 0. The summed E-state index contributed by atoms with van der Waals surface area (Å²) in [5.74, 6) is 0. The first kappa shape index (κ1) is 6.26. The lowest BCUT2D eigenvalue weighted by atomic mass is 10.2. The van der Waals surface area contributed by atoms with Crippen molar-refractivity contribution in [2.45, 2.75) is 6.17 Å². The van der Waals surface area contributed by atoms with E-state index in [-0.39, 0.29) is 0 Å². The van der Waals surface area contributed by atoms with Crippen molar-refractivity contribution in [2.75, 3.05) is 13.1 Å². The molecule has 0 bridgehead atoms. The zero-order valence-electron chi connectivity index (χ0n) is 5.13. The monoisotopic (exact) mass is 128 g/mol. The standard InChI is InChI=1S/C6H9FN2/c1-2-8-5-9-3-6(7)4-9/h2,5-6H,1,3-4H2. The van der Waals surface area contributed by atoms with E-state index in [2.05, 4.69) is 11.6 Å². The van der Waals surface area contributed by atoms with Crippen LogP contribution in [-0.4, -0.2) is 30.5 Å². The van der Waals surface area contributed by atoms with E-state index in [1.54, 1.807) is 11.2 Å². The highest BCUT2D eigenvalue weighted by Crippen LogP contribution is 2.07. The van der Waals surface area contributed by atoms with Crippen LogP contribution < -0.4 is 0 Å². The molecule has 1 heterocycles. The highest BCUT2D eigenvalue weighted by Gasteiger charge is 2.22. The Morgan fingerprint density at radius 1 is 1.67 bits per heavy atom. The Labute approximate surface area is 53.7 Å². The molecule has 0 amide bonds.